The number of aliphatic hydroxyl groups excluding tert-OH is 1. The van der Waals surface area contributed by atoms with Crippen LogP contribution in [0.1, 0.15) is 30.4 Å². The van der Waals surface area contributed by atoms with Gasteiger partial charge in [-0.05, 0) is 56.5 Å². The predicted molar refractivity (Wildman–Crippen MR) is 80.8 cm³/mol. The molecule has 0 aromatic heterocycles. The molecule has 1 amide bonds. The molecular weight excluding hydrogens is 252 g/mol. The van der Waals surface area contributed by atoms with Crippen LogP contribution in [0.15, 0.2) is 18.2 Å². The highest BCUT2D eigenvalue weighted by atomic mass is 16.3. The van der Waals surface area contributed by atoms with Crippen molar-refractivity contribution in [2.75, 3.05) is 25.0 Å². The second kappa shape index (κ2) is 6.86. The van der Waals surface area contributed by atoms with Gasteiger partial charge in [0, 0.05) is 11.7 Å². The first-order chi connectivity index (χ1) is 9.58. The molecular formula is C16H24N2O2. The van der Waals surface area contributed by atoms with E-state index in [1.807, 2.05) is 26.0 Å². The molecule has 20 heavy (non-hydrogen) atoms. The molecule has 1 unspecified atom stereocenters. The van der Waals surface area contributed by atoms with Crippen LogP contribution in [0, 0.1) is 13.8 Å². The lowest BCUT2D eigenvalue weighted by molar-refractivity contribution is -0.118. The van der Waals surface area contributed by atoms with Crippen LogP contribution in [0.5, 0.6) is 0 Å². The van der Waals surface area contributed by atoms with E-state index in [0.29, 0.717) is 6.54 Å². The van der Waals surface area contributed by atoms with Gasteiger partial charge in [0.15, 0.2) is 0 Å². The summed E-state index contributed by atoms with van der Waals surface area (Å²) < 4.78 is 0. The highest BCUT2D eigenvalue weighted by Gasteiger charge is 2.23. The lowest BCUT2D eigenvalue weighted by Gasteiger charge is -2.33. The molecule has 1 atom stereocenters. The topological polar surface area (TPSA) is 52.6 Å². The lowest BCUT2D eigenvalue weighted by Crippen LogP contribution is -2.45. The molecule has 1 aromatic carbocycles. The van der Waals surface area contributed by atoms with Crippen LogP contribution in [0.25, 0.3) is 0 Å². The Morgan fingerprint density at radius 2 is 2.00 bits per heavy atom. The minimum absolute atomic E-state index is 0.00431. The van der Waals surface area contributed by atoms with Gasteiger partial charge in [-0.1, -0.05) is 12.5 Å². The second-order valence-corrected chi connectivity index (χ2v) is 5.73. The van der Waals surface area contributed by atoms with Gasteiger partial charge in [0.1, 0.15) is 0 Å². The van der Waals surface area contributed by atoms with Gasteiger partial charge in [-0.25, -0.2) is 0 Å². The minimum Gasteiger partial charge on any atom is -0.395 e. The Morgan fingerprint density at radius 1 is 1.30 bits per heavy atom. The number of piperidine rings is 1. The number of carbonyl (C=O) groups is 1. The van der Waals surface area contributed by atoms with Gasteiger partial charge in [0.25, 0.3) is 0 Å². The van der Waals surface area contributed by atoms with Crippen LogP contribution < -0.4 is 5.32 Å². The number of amides is 1. The van der Waals surface area contributed by atoms with E-state index in [-0.39, 0.29) is 18.6 Å². The van der Waals surface area contributed by atoms with E-state index in [9.17, 15) is 9.90 Å². The zero-order chi connectivity index (χ0) is 14.5. The van der Waals surface area contributed by atoms with Crippen molar-refractivity contribution in [3.05, 3.63) is 29.3 Å². The minimum atomic E-state index is -0.00431. The summed E-state index contributed by atoms with van der Waals surface area (Å²) in [5.41, 5.74) is 3.14. The number of benzene rings is 1. The Kier molecular flexibility index (Phi) is 5.15. The summed E-state index contributed by atoms with van der Waals surface area (Å²) in [6.45, 7) is 5.44. The fraction of sp³-hybridized carbons (Fsp3) is 0.562. The number of carbonyl (C=O) groups excluding carboxylic acids is 1. The molecule has 2 N–H and O–H groups in total. The molecule has 0 aliphatic carbocycles. The van der Waals surface area contributed by atoms with Crippen LogP contribution in [-0.2, 0) is 4.79 Å². The van der Waals surface area contributed by atoms with Gasteiger partial charge >= 0.3 is 0 Å². The molecule has 0 saturated carbocycles. The van der Waals surface area contributed by atoms with Gasteiger partial charge in [0.05, 0.1) is 13.2 Å². The number of likely N-dealkylation sites (tertiary alicyclic amines) is 1. The van der Waals surface area contributed by atoms with Gasteiger partial charge < -0.3 is 10.4 Å². The molecule has 0 spiro atoms. The molecule has 4 heteroatoms. The molecule has 1 aliphatic rings. The molecule has 1 heterocycles. The average Bonchev–Trinajstić information content (AvgIpc) is 2.37. The third kappa shape index (κ3) is 4.05. The first kappa shape index (κ1) is 15.0. The summed E-state index contributed by atoms with van der Waals surface area (Å²) in [5, 5.41) is 12.3. The lowest BCUT2D eigenvalue weighted by atomic mass is 10.0. The average molecular weight is 276 g/mol. The number of hydrogen-bond acceptors (Lipinski definition) is 3. The van der Waals surface area contributed by atoms with Crippen LogP contribution in [0.4, 0.5) is 5.69 Å². The van der Waals surface area contributed by atoms with Crippen LogP contribution >= 0.6 is 0 Å². The number of aryl methyl sites for hydroxylation is 2. The predicted octanol–water partition coefficient (Wildman–Crippen LogP) is 2.09. The zero-order valence-corrected chi connectivity index (χ0v) is 12.4. The maximum atomic E-state index is 12.1. The Hall–Kier alpha value is -1.39. The first-order valence-corrected chi connectivity index (χ1v) is 7.31. The maximum Gasteiger partial charge on any atom is 0.238 e. The first-order valence-electron chi connectivity index (χ1n) is 7.31. The number of anilines is 1. The Balaban J connectivity index is 1.94. The normalized spacial score (nSPS) is 19.9. The summed E-state index contributed by atoms with van der Waals surface area (Å²) in [6.07, 6.45) is 3.22. The number of nitrogens with zero attached hydrogens (tertiary/aromatic N) is 1. The largest absolute Gasteiger partial charge is 0.395 e. The van der Waals surface area contributed by atoms with Crippen molar-refractivity contribution in [1.29, 1.82) is 0 Å². The van der Waals surface area contributed by atoms with Crippen LogP contribution in [-0.4, -0.2) is 41.7 Å². The third-order valence-corrected chi connectivity index (χ3v) is 3.81. The van der Waals surface area contributed by atoms with E-state index in [2.05, 4.69) is 16.3 Å². The Morgan fingerprint density at radius 3 is 2.65 bits per heavy atom. The van der Waals surface area contributed by atoms with E-state index in [1.165, 1.54) is 0 Å². The van der Waals surface area contributed by atoms with Crippen molar-refractivity contribution in [3.8, 4) is 0 Å². The summed E-state index contributed by atoms with van der Waals surface area (Å²) in [4.78, 5) is 14.2. The summed E-state index contributed by atoms with van der Waals surface area (Å²) in [6, 6.07) is 6.17. The van der Waals surface area contributed by atoms with Crippen molar-refractivity contribution in [1.82, 2.24) is 4.90 Å². The van der Waals surface area contributed by atoms with Crippen LogP contribution in [0.2, 0.25) is 0 Å². The number of hydrogen-bond donors (Lipinski definition) is 2. The number of rotatable bonds is 4. The number of aliphatic hydroxyl groups is 1. The summed E-state index contributed by atoms with van der Waals surface area (Å²) >= 11 is 0. The molecule has 1 fully saturated rings. The van der Waals surface area contributed by atoms with E-state index in [1.54, 1.807) is 0 Å². The fourth-order valence-electron chi connectivity index (χ4n) is 2.91. The van der Waals surface area contributed by atoms with E-state index < -0.39 is 0 Å². The third-order valence-electron chi connectivity index (χ3n) is 3.81. The molecule has 0 radical (unpaired) electrons. The van der Waals surface area contributed by atoms with E-state index in [0.717, 1.165) is 42.6 Å². The molecule has 2 rings (SSSR count). The molecule has 1 aliphatic heterocycles. The van der Waals surface area contributed by atoms with Crippen molar-refractivity contribution in [3.63, 3.8) is 0 Å². The Bertz CT molecular complexity index is 453. The van der Waals surface area contributed by atoms with E-state index in [4.69, 9.17) is 0 Å². The molecule has 110 valence electrons. The van der Waals surface area contributed by atoms with E-state index >= 15 is 0 Å². The van der Waals surface area contributed by atoms with Crippen molar-refractivity contribution >= 4 is 11.6 Å². The van der Waals surface area contributed by atoms with Gasteiger partial charge in [-0.15, -0.1) is 0 Å². The summed E-state index contributed by atoms with van der Waals surface area (Å²) in [7, 11) is 0. The van der Waals surface area contributed by atoms with Crippen molar-refractivity contribution in [2.45, 2.75) is 39.2 Å². The zero-order valence-electron chi connectivity index (χ0n) is 12.4. The highest BCUT2D eigenvalue weighted by molar-refractivity contribution is 5.92. The summed E-state index contributed by atoms with van der Waals surface area (Å²) in [5.74, 6) is -0.00431. The highest BCUT2D eigenvalue weighted by Crippen LogP contribution is 2.17. The molecule has 1 aromatic rings. The quantitative estimate of drug-likeness (QED) is 0.885. The second-order valence-electron chi connectivity index (χ2n) is 5.73. The van der Waals surface area contributed by atoms with Crippen molar-refractivity contribution < 1.29 is 9.90 Å². The molecule has 4 nitrogen and oxygen atoms in total. The van der Waals surface area contributed by atoms with Gasteiger partial charge in [-0.2, -0.15) is 0 Å². The maximum absolute atomic E-state index is 12.1. The molecule has 0 bridgehead atoms. The number of nitrogens with one attached hydrogen (secondary N) is 1. The van der Waals surface area contributed by atoms with Gasteiger partial charge in [-0.3, -0.25) is 9.69 Å². The monoisotopic (exact) mass is 276 g/mol. The fourth-order valence-corrected chi connectivity index (χ4v) is 2.91. The Labute approximate surface area is 120 Å². The standard InChI is InChI=1S/C16H24N2O2/c1-12-7-13(2)9-14(8-12)17-16(20)10-18-6-4-3-5-15(18)11-19/h7-9,15,19H,3-6,10-11H2,1-2H3,(H,17,20). The SMILES string of the molecule is Cc1cc(C)cc(NC(=O)CN2CCCCC2CO)c1. The van der Waals surface area contributed by atoms with Crippen molar-refractivity contribution in [2.24, 2.45) is 0 Å². The van der Waals surface area contributed by atoms with Gasteiger partial charge in [0.2, 0.25) is 5.91 Å². The molecule has 1 saturated heterocycles. The smallest absolute Gasteiger partial charge is 0.238 e. The van der Waals surface area contributed by atoms with Crippen LogP contribution in [0.3, 0.4) is 0 Å².